The van der Waals surface area contributed by atoms with Crippen LogP contribution in [-0.4, -0.2) is 20.3 Å². The fourth-order valence-electron chi connectivity index (χ4n) is 2.33. The van der Waals surface area contributed by atoms with E-state index in [0.29, 0.717) is 31.2 Å². The second kappa shape index (κ2) is 5.52. The summed E-state index contributed by atoms with van der Waals surface area (Å²) >= 11 is 0. The van der Waals surface area contributed by atoms with E-state index < -0.39 is 0 Å². The summed E-state index contributed by atoms with van der Waals surface area (Å²) in [5.41, 5.74) is 8.61. The van der Waals surface area contributed by atoms with Gasteiger partial charge in [0.05, 0.1) is 0 Å². The van der Waals surface area contributed by atoms with E-state index in [2.05, 4.69) is 0 Å². The number of hydrogen-bond acceptors (Lipinski definition) is 4. The van der Waals surface area contributed by atoms with Crippen LogP contribution in [0.3, 0.4) is 0 Å². The highest BCUT2D eigenvalue weighted by atomic mass is 19.1. The monoisotopic (exact) mass is 288 g/mol. The molecule has 3 rings (SSSR count). The lowest BCUT2D eigenvalue weighted by Gasteiger charge is -2.23. The zero-order valence-corrected chi connectivity index (χ0v) is 11.8. The van der Waals surface area contributed by atoms with Crippen LogP contribution in [0.4, 0.5) is 15.8 Å². The van der Waals surface area contributed by atoms with Crippen molar-refractivity contribution in [3.8, 4) is 11.5 Å². The van der Waals surface area contributed by atoms with Gasteiger partial charge in [-0.2, -0.15) is 0 Å². The summed E-state index contributed by atoms with van der Waals surface area (Å²) in [7, 11) is 1.93. The molecule has 5 heteroatoms. The largest absolute Gasteiger partial charge is 0.486 e. The Hall–Kier alpha value is -2.43. The Morgan fingerprint density at radius 3 is 2.38 bits per heavy atom. The van der Waals surface area contributed by atoms with Gasteiger partial charge in [0, 0.05) is 31.0 Å². The summed E-state index contributed by atoms with van der Waals surface area (Å²) in [5.74, 6) is 1.16. The van der Waals surface area contributed by atoms with E-state index in [1.807, 2.05) is 18.0 Å². The molecule has 0 aliphatic carbocycles. The summed E-state index contributed by atoms with van der Waals surface area (Å²) in [4.78, 5) is 2.00. The predicted molar refractivity (Wildman–Crippen MR) is 80.4 cm³/mol. The number of halogens is 1. The summed E-state index contributed by atoms with van der Waals surface area (Å²) in [6, 6.07) is 10.1. The van der Waals surface area contributed by atoms with Crippen molar-refractivity contribution in [3.63, 3.8) is 0 Å². The fourth-order valence-corrected chi connectivity index (χ4v) is 2.33. The quantitative estimate of drug-likeness (QED) is 0.882. The molecule has 0 fully saturated rings. The van der Waals surface area contributed by atoms with Crippen LogP contribution >= 0.6 is 0 Å². The Morgan fingerprint density at radius 1 is 1.10 bits per heavy atom. The summed E-state index contributed by atoms with van der Waals surface area (Å²) in [6.45, 7) is 1.69. The number of fused-ring (bicyclic) bond motifs is 1. The van der Waals surface area contributed by atoms with Crippen molar-refractivity contribution in [2.75, 3.05) is 30.9 Å². The van der Waals surface area contributed by atoms with Gasteiger partial charge in [-0.1, -0.05) is 0 Å². The molecule has 0 aromatic heterocycles. The highest BCUT2D eigenvalue weighted by molar-refractivity contribution is 5.60. The Morgan fingerprint density at radius 2 is 1.71 bits per heavy atom. The first kappa shape index (κ1) is 13.5. The summed E-state index contributed by atoms with van der Waals surface area (Å²) in [6.07, 6.45) is 0. The van der Waals surface area contributed by atoms with E-state index >= 15 is 0 Å². The molecule has 1 heterocycles. The second-order valence-electron chi connectivity index (χ2n) is 5.03. The van der Waals surface area contributed by atoms with Crippen LogP contribution in [0.1, 0.15) is 5.56 Å². The maximum Gasteiger partial charge on any atom is 0.163 e. The first-order valence-electron chi connectivity index (χ1n) is 6.78. The Labute approximate surface area is 122 Å². The van der Waals surface area contributed by atoms with E-state index in [-0.39, 0.29) is 5.82 Å². The van der Waals surface area contributed by atoms with E-state index in [1.165, 1.54) is 12.1 Å². The van der Waals surface area contributed by atoms with Crippen molar-refractivity contribution in [1.29, 1.82) is 0 Å². The molecule has 2 aromatic rings. The third-order valence-corrected chi connectivity index (χ3v) is 3.48. The van der Waals surface area contributed by atoms with Crippen LogP contribution in [0.5, 0.6) is 11.5 Å². The molecule has 0 unspecified atom stereocenters. The number of anilines is 2. The minimum absolute atomic E-state index is 0.244. The summed E-state index contributed by atoms with van der Waals surface area (Å²) < 4.78 is 24.0. The van der Waals surface area contributed by atoms with Crippen LogP contribution in [0.2, 0.25) is 0 Å². The number of hydrogen-bond donors (Lipinski definition) is 1. The van der Waals surface area contributed by atoms with Gasteiger partial charge in [0.2, 0.25) is 0 Å². The minimum Gasteiger partial charge on any atom is -0.486 e. The lowest BCUT2D eigenvalue weighted by molar-refractivity contribution is 0.171. The third kappa shape index (κ3) is 2.86. The van der Waals surface area contributed by atoms with Gasteiger partial charge in [0.15, 0.2) is 11.5 Å². The number of ether oxygens (including phenoxy) is 2. The van der Waals surface area contributed by atoms with Crippen LogP contribution < -0.4 is 20.1 Å². The molecular formula is C16H17FN2O2. The first-order chi connectivity index (χ1) is 10.1. The molecule has 1 aliphatic rings. The average molecular weight is 288 g/mol. The van der Waals surface area contributed by atoms with Gasteiger partial charge < -0.3 is 20.1 Å². The molecule has 0 atom stereocenters. The highest BCUT2D eigenvalue weighted by Crippen LogP contribution is 2.35. The van der Waals surface area contributed by atoms with Crippen molar-refractivity contribution >= 4 is 11.4 Å². The number of nitrogens with two attached hydrogens (primary N) is 1. The fraction of sp³-hybridized carbons (Fsp3) is 0.250. The molecular weight excluding hydrogens is 271 g/mol. The van der Waals surface area contributed by atoms with Gasteiger partial charge in [-0.3, -0.25) is 0 Å². The van der Waals surface area contributed by atoms with Crippen molar-refractivity contribution < 1.29 is 13.9 Å². The molecule has 2 N–H and O–H groups in total. The molecule has 1 aliphatic heterocycles. The maximum absolute atomic E-state index is 13.0. The predicted octanol–water partition coefficient (Wildman–Crippen LogP) is 2.82. The second-order valence-corrected chi connectivity index (χ2v) is 5.03. The lowest BCUT2D eigenvalue weighted by atomic mass is 10.1. The van der Waals surface area contributed by atoms with Crippen molar-refractivity contribution in [2.24, 2.45) is 0 Å². The first-order valence-corrected chi connectivity index (χ1v) is 6.78. The number of benzene rings is 2. The molecule has 0 bridgehead atoms. The van der Waals surface area contributed by atoms with Crippen LogP contribution in [-0.2, 0) is 6.54 Å². The van der Waals surface area contributed by atoms with E-state index in [4.69, 9.17) is 15.2 Å². The van der Waals surface area contributed by atoms with Gasteiger partial charge in [-0.05, 0) is 35.9 Å². The van der Waals surface area contributed by atoms with E-state index in [0.717, 1.165) is 17.0 Å². The Bertz CT molecular complexity index is 643. The van der Waals surface area contributed by atoms with Crippen molar-refractivity contribution in [1.82, 2.24) is 0 Å². The zero-order chi connectivity index (χ0) is 14.8. The van der Waals surface area contributed by atoms with Gasteiger partial charge >= 0.3 is 0 Å². The zero-order valence-electron chi connectivity index (χ0n) is 11.8. The molecule has 0 amide bonds. The van der Waals surface area contributed by atoms with Gasteiger partial charge in [-0.15, -0.1) is 0 Å². The minimum atomic E-state index is -0.244. The lowest BCUT2D eigenvalue weighted by Crippen LogP contribution is -2.19. The van der Waals surface area contributed by atoms with E-state index in [9.17, 15) is 4.39 Å². The number of nitrogens with zero attached hydrogens (tertiary/aromatic N) is 1. The molecule has 4 nitrogen and oxygen atoms in total. The molecule has 0 saturated heterocycles. The molecule has 21 heavy (non-hydrogen) atoms. The Kier molecular flexibility index (Phi) is 3.56. The SMILES string of the molecule is CN(Cc1cc2c(cc1N)OCCO2)c1ccc(F)cc1. The normalized spacial score (nSPS) is 13.0. The summed E-state index contributed by atoms with van der Waals surface area (Å²) in [5, 5.41) is 0. The van der Waals surface area contributed by atoms with Crippen LogP contribution in [0.15, 0.2) is 36.4 Å². The third-order valence-electron chi connectivity index (χ3n) is 3.48. The van der Waals surface area contributed by atoms with Crippen LogP contribution in [0, 0.1) is 5.82 Å². The maximum atomic E-state index is 13.0. The molecule has 0 saturated carbocycles. The van der Waals surface area contributed by atoms with Gasteiger partial charge in [0.1, 0.15) is 19.0 Å². The number of nitrogen functional groups attached to an aromatic ring is 1. The smallest absolute Gasteiger partial charge is 0.163 e. The molecule has 110 valence electrons. The number of rotatable bonds is 3. The van der Waals surface area contributed by atoms with Gasteiger partial charge in [-0.25, -0.2) is 4.39 Å². The topological polar surface area (TPSA) is 47.7 Å². The average Bonchev–Trinajstić information content (AvgIpc) is 2.48. The van der Waals surface area contributed by atoms with Crippen molar-refractivity contribution in [3.05, 3.63) is 47.8 Å². The Balaban J connectivity index is 1.82. The van der Waals surface area contributed by atoms with Crippen LogP contribution in [0.25, 0.3) is 0 Å². The standard InChI is InChI=1S/C16H17FN2O2/c1-19(13-4-2-12(17)3-5-13)10-11-8-15-16(9-14(11)18)21-7-6-20-15/h2-5,8-9H,6-7,10,18H2,1H3. The van der Waals surface area contributed by atoms with Gasteiger partial charge in [0.25, 0.3) is 0 Å². The molecule has 0 spiro atoms. The highest BCUT2D eigenvalue weighted by Gasteiger charge is 2.15. The molecule has 0 radical (unpaired) electrons. The van der Waals surface area contributed by atoms with E-state index in [1.54, 1.807) is 18.2 Å². The van der Waals surface area contributed by atoms with Crippen molar-refractivity contribution in [2.45, 2.75) is 6.54 Å². The molecule has 2 aromatic carbocycles.